The number of piperidine rings is 1. The molecule has 168 valence electrons. The number of allylic oxidation sites excluding steroid dienone is 2. The molecule has 0 saturated carbocycles. The lowest BCUT2D eigenvalue weighted by Crippen LogP contribution is -2.45. The van der Waals surface area contributed by atoms with E-state index in [-0.39, 0.29) is 11.2 Å². The highest BCUT2D eigenvalue weighted by Crippen LogP contribution is 2.40. The third-order valence-electron chi connectivity index (χ3n) is 7.13. The number of nitrogens with one attached hydrogen (secondary N) is 2. The summed E-state index contributed by atoms with van der Waals surface area (Å²) in [5.41, 5.74) is 5.08. The van der Waals surface area contributed by atoms with Gasteiger partial charge in [-0.25, -0.2) is 4.39 Å². The monoisotopic (exact) mass is 422 g/mol. The lowest BCUT2D eigenvalue weighted by atomic mass is 9.69. The first-order valence-corrected chi connectivity index (χ1v) is 11.9. The molecule has 2 atom stereocenters. The van der Waals surface area contributed by atoms with Crippen LogP contribution in [-0.2, 0) is 11.8 Å². The Morgan fingerprint density at radius 1 is 0.968 bits per heavy atom. The van der Waals surface area contributed by atoms with Gasteiger partial charge in [0.05, 0.1) is 0 Å². The molecule has 1 aliphatic rings. The van der Waals surface area contributed by atoms with E-state index >= 15 is 0 Å². The van der Waals surface area contributed by atoms with Gasteiger partial charge in [0.1, 0.15) is 5.82 Å². The van der Waals surface area contributed by atoms with Gasteiger partial charge < -0.3 is 10.6 Å². The van der Waals surface area contributed by atoms with Crippen LogP contribution in [0.5, 0.6) is 0 Å². The minimum absolute atomic E-state index is 0.0629. The summed E-state index contributed by atoms with van der Waals surface area (Å²) in [4.78, 5) is 0. The molecule has 2 unspecified atom stereocenters. The average Bonchev–Trinajstić information content (AvgIpc) is 2.79. The highest BCUT2D eigenvalue weighted by atomic mass is 19.1. The Kier molecular flexibility index (Phi) is 8.31. The molecule has 1 heterocycles. The van der Waals surface area contributed by atoms with E-state index in [4.69, 9.17) is 0 Å². The zero-order valence-corrected chi connectivity index (χ0v) is 19.7. The minimum atomic E-state index is -0.0813. The molecule has 2 N–H and O–H groups in total. The van der Waals surface area contributed by atoms with Crippen molar-refractivity contribution in [2.75, 3.05) is 19.6 Å². The number of hydrogen-bond acceptors (Lipinski definition) is 2. The molecule has 0 aliphatic carbocycles. The van der Waals surface area contributed by atoms with Gasteiger partial charge in [0.15, 0.2) is 0 Å². The van der Waals surface area contributed by atoms with Gasteiger partial charge in [-0.1, -0.05) is 68.0 Å². The molecule has 1 saturated heterocycles. The van der Waals surface area contributed by atoms with E-state index in [0.717, 1.165) is 50.9 Å². The van der Waals surface area contributed by atoms with Gasteiger partial charge in [-0.15, -0.1) is 0 Å². The molecule has 0 amide bonds. The van der Waals surface area contributed by atoms with Crippen molar-refractivity contribution in [1.29, 1.82) is 0 Å². The minimum Gasteiger partial charge on any atom is -0.388 e. The maximum absolute atomic E-state index is 14.0. The Bertz CT molecular complexity index is 848. The fourth-order valence-electron chi connectivity index (χ4n) is 5.04. The molecule has 1 aliphatic heterocycles. The van der Waals surface area contributed by atoms with Crippen molar-refractivity contribution in [3.63, 3.8) is 0 Å². The molecular weight excluding hydrogens is 383 g/mol. The Hall–Kier alpha value is -2.13. The van der Waals surface area contributed by atoms with Crippen LogP contribution in [0.2, 0.25) is 0 Å². The van der Waals surface area contributed by atoms with E-state index in [2.05, 4.69) is 68.7 Å². The second-order valence-corrected chi connectivity index (χ2v) is 9.54. The molecule has 2 aromatic rings. The summed E-state index contributed by atoms with van der Waals surface area (Å²) >= 11 is 0. The van der Waals surface area contributed by atoms with Crippen LogP contribution in [0.1, 0.15) is 58.1 Å². The van der Waals surface area contributed by atoms with Crippen LogP contribution in [0, 0.1) is 17.7 Å². The van der Waals surface area contributed by atoms with Crippen molar-refractivity contribution in [2.45, 2.75) is 58.8 Å². The first-order valence-electron chi connectivity index (χ1n) is 11.9. The summed E-state index contributed by atoms with van der Waals surface area (Å²) in [5, 5.41) is 7.41. The second kappa shape index (κ2) is 10.9. The third kappa shape index (κ3) is 5.77. The Balaban J connectivity index is 1.66. The Morgan fingerprint density at radius 3 is 2.26 bits per heavy atom. The maximum atomic E-state index is 14.0. The van der Waals surface area contributed by atoms with Crippen LogP contribution in [0.25, 0.3) is 0 Å². The topological polar surface area (TPSA) is 24.1 Å². The van der Waals surface area contributed by atoms with Crippen molar-refractivity contribution in [3.8, 4) is 0 Å². The summed E-state index contributed by atoms with van der Waals surface area (Å²) in [5.74, 6) is 0.879. The summed E-state index contributed by atoms with van der Waals surface area (Å²) in [6.07, 6.45) is 4.10. The quantitative estimate of drug-likeness (QED) is 0.500. The zero-order valence-electron chi connectivity index (χ0n) is 19.7. The maximum Gasteiger partial charge on any atom is 0.126 e. The fraction of sp³-hybridized carbons (Fsp3) is 0.500. The summed E-state index contributed by atoms with van der Waals surface area (Å²) < 4.78 is 14.0. The summed E-state index contributed by atoms with van der Waals surface area (Å²) in [6.45, 7) is 12.1. The van der Waals surface area contributed by atoms with Gasteiger partial charge in [0.25, 0.3) is 0 Å². The highest BCUT2D eigenvalue weighted by molar-refractivity contribution is 5.38. The van der Waals surface area contributed by atoms with Gasteiger partial charge in [0.2, 0.25) is 0 Å². The number of hydrogen-bond donors (Lipinski definition) is 2. The predicted molar refractivity (Wildman–Crippen MR) is 130 cm³/mol. The zero-order chi connectivity index (χ0) is 22.3. The molecule has 2 nitrogen and oxygen atoms in total. The molecular formula is C28H39FN2. The molecule has 3 heteroatoms. The van der Waals surface area contributed by atoms with E-state index in [0.29, 0.717) is 11.8 Å². The molecule has 1 fully saturated rings. The van der Waals surface area contributed by atoms with Crippen molar-refractivity contribution in [1.82, 2.24) is 10.6 Å². The Labute approximate surface area is 188 Å². The average molecular weight is 423 g/mol. The smallest absolute Gasteiger partial charge is 0.126 e. The van der Waals surface area contributed by atoms with Gasteiger partial charge >= 0.3 is 0 Å². The molecule has 0 radical (unpaired) electrons. The molecule has 0 bridgehead atoms. The van der Waals surface area contributed by atoms with Crippen LogP contribution >= 0.6 is 0 Å². The summed E-state index contributed by atoms with van der Waals surface area (Å²) in [6, 6.07) is 18.2. The van der Waals surface area contributed by atoms with Crippen LogP contribution in [0.15, 0.2) is 65.9 Å². The van der Waals surface area contributed by atoms with Crippen LogP contribution in [-0.4, -0.2) is 19.6 Å². The first-order chi connectivity index (χ1) is 14.9. The van der Waals surface area contributed by atoms with Crippen molar-refractivity contribution < 1.29 is 4.39 Å². The molecule has 0 spiro atoms. The standard InChI is InChI=1S/C28H39FN2/c1-21(2)27(28(15-18-30-19-16-28)25-11-6-5-7-12-25)31-17-14-22(3)23(4)20-24-10-8-9-13-26(24)29/h5-13,22-23,30-31H,14-20H2,1-4H3. The van der Waals surface area contributed by atoms with E-state index in [1.165, 1.54) is 16.8 Å². The second-order valence-electron chi connectivity index (χ2n) is 9.54. The van der Waals surface area contributed by atoms with Crippen LogP contribution < -0.4 is 10.6 Å². The number of rotatable bonds is 9. The number of halogens is 1. The largest absolute Gasteiger partial charge is 0.388 e. The van der Waals surface area contributed by atoms with Crippen molar-refractivity contribution >= 4 is 0 Å². The van der Waals surface area contributed by atoms with Gasteiger partial charge in [-0.3, -0.25) is 0 Å². The van der Waals surface area contributed by atoms with E-state index in [1.54, 1.807) is 12.1 Å². The molecule has 0 aromatic heterocycles. The van der Waals surface area contributed by atoms with Gasteiger partial charge in [-0.2, -0.15) is 0 Å². The van der Waals surface area contributed by atoms with Crippen LogP contribution in [0.4, 0.5) is 4.39 Å². The lowest BCUT2D eigenvalue weighted by molar-refractivity contribution is 0.322. The van der Waals surface area contributed by atoms with Gasteiger partial charge in [0, 0.05) is 17.7 Å². The van der Waals surface area contributed by atoms with E-state index in [1.807, 2.05) is 12.1 Å². The van der Waals surface area contributed by atoms with Crippen molar-refractivity contribution in [2.24, 2.45) is 11.8 Å². The van der Waals surface area contributed by atoms with E-state index in [9.17, 15) is 4.39 Å². The van der Waals surface area contributed by atoms with E-state index < -0.39 is 0 Å². The molecule has 31 heavy (non-hydrogen) atoms. The fourth-order valence-corrected chi connectivity index (χ4v) is 5.04. The molecule has 2 aromatic carbocycles. The SMILES string of the molecule is CC(C)=C(NCCC(C)C(C)Cc1ccccc1F)C1(c2ccccc2)CCNCC1. The third-order valence-corrected chi connectivity index (χ3v) is 7.13. The lowest BCUT2D eigenvalue weighted by Gasteiger charge is -2.42. The van der Waals surface area contributed by atoms with Crippen molar-refractivity contribution in [3.05, 3.63) is 82.8 Å². The molecule has 3 rings (SSSR count). The Morgan fingerprint density at radius 2 is 1.61 bits per heavy atom. The van der Waals surface area contributed by atoms with Gasteiger partial charge in [-0.05, 0) is 81.6 Å². The summed E-state index contributed by atoms with van der Waals surface area (Å²) in [7, 11) is 0. The highest BCUT2D eigenvalue weighted by Gasteiger charge is 2.38. The number of benzene rings is 2. The van der Waals surface area contributed by atoms with Crippen LogP contribution in [0.3, 0.4) is 0 Å². The first kappa shape index (κ1) is 23.5. The normalized spacial score (nSPS) is 17.6. The predicted octanol–water partition coefficient (Wildman–Crippen LogP) is 6.24.